The Labute approximate surface area is 168 Å². The van der Waals surface area contributed by atoms with Crippen molar-refractivity contribution >= 4 is 29.2 Å². The summed E-state index contributed by atoms with van der Waals surface area (Å²) in [4.78, 5) is 8.32. The van der Waals surface area contributed by atoms with Gasteiger partial charge in [-0.25, -0.2) is 4.98 Å². The number of ether oxygens (including phenoxy) is 2. The number of benzene rings is 1. The minimum Gasteiger partial charge on any atom is -0.486 e. The van der Waals surface area contributed by atoms with Crippen molar-refractivity contribution in [3.05, 3.63) is 51.8 Å². The molecule has 0 saturated heterocycles. The quantitative estimate of drug-likeness (QED) is 0.436. The van der Waals surface area contributed by atoms with Crippen molar-refractivity contribution in [1.29, 1.82) is 0 Å². The molecule has 1 aromatic carbocycles. The van der Waals surface area contributed by atoms with Crippen LogP contribution in [0.1, 0.15) is 11.1 Å². The molecule has 144 valence electrons. The summed E-state index contributed by atoms with van der Waals surface area (Å²) in [5, 5.41) is 7.67. The van der Waals surface area contributed by atoms with E-state index >= 15 is 0 Å². The van der Waals surface area contributed by atoms with Gasteiger partial charge in [-0.1, -0.05) is 29.3 Å². The molecule has 1 aliphatic rings. The third-order valence-electron chi connectivity index (χ3n) is 4.08. The van der Waals surface area contributed by atoms with Crippen LogP contribution in [0.3, 0.4) is 0 Å². The fourth-order valence-electron chi connectivity index (χ4n) is 2.73. The molecule has 2 heterocycles. The van der Waals surface area contributed by atoms with Gasteiger partial charge in [0.1, 0.15) is 18.4 Å². The van der Waals surface area contributed by atoms with Crippen LogP contribution in [0.4, 0.5) is 0 Å². The molecule has 27 heavy (non-hydrogen) atoms. The summed E-state index contributed by atoms with van der Waals surface area (Å²) < 4.78 is 11.2. The summed E-state index contributed by atoms with van der Waals surface area (Å²) in [6.07, 6.45) is 3.41. The molecule has 6 nitrogen and oxygen atoms in total. The van der Waals surface area contributed by atoms with E-state index in [1.54, 1.807) is 19.3 Å². The van der Waals surface area contributed by atoms with E-state index in [-0.39, 0.29) is 0 Å². The van der Waals surface area contributed by atoms with Gasteiger partial charge in [0.2, 0.25) is 0 Å². The first kappa shape index (κ1) is 19.6. The lowest BCUT2D eigenvalue weighted by molar-refractivity contribution is 0.171. The van der Waals surface area contributed by atoms with Gasteiger partial charge in [0.25, 0.3) is 0 Å². The van der Waals surface area contributed by atoms with Crippen molar-refractivity contribution in [2.45, 2.75) is 12.8 Å². The normalized spacial score (nSPS) is 13.4. The molecule has 2 aromatic rings. The van der Waals surface area contributed by atoms with Gasteiger partial charge in [0, 0.05) is 26.3 Å². The monoisotopic (exact) mass is 408 g/mol. The lowest BCUT2D eigenvalue weighted by atomic mass is 10.1. The Hall–Kier alpha value is -2.18. The number of aliphatic imine (C=N–C) groups is 1. The van der Waals surface area contributed by atoms with Gasteiger partial charge in [-0.2, -0.15) is 0 Å². The summed E-state index contributed by atoms with van der Waals surface area (Å²) in [6.45, 7) is 2.55. The fourth-order valence-corrected chi connectivity index (χ4v) is 3.13. The summed E-state index contributed by atoms with van der Waals surface area (Å²) in [6, 6.07) is 7.66. The first-order valence-electron chi connectivity index (χ1n) is 8.78. The SMILES string of the molecule is CN=C(NCCc1ccc(Cl)nc1)NCCc1cc(Cl)c2c(c1)OCCO2. The van der Waals surface area contributed by atoms with Gasteiger partial charge in [0.05, 0.1) is 5.02 Å². The number of hydrogen-bond donors (Lipinski definition) is 2. The Bertz CT molecular complexity index is 797. The molecule has 1 aliphatic heterocycles. The highest BCUT2D eigenvalue weighted by Gasteiger charge is 2.16. The number of hydrogen-bond acceptors (Lipinski definition) is 4. The van der Waals surface area contributed by atoms with Crippen molar-refractivity contribution in [2.24, 2.45) is 4.99 Å². The number of fused-ring (bicyclic) bond motifs is 1. The van der Waals surface area contributed by atoms with Crippen molar-refractivity contribution in [3.8, 4) is 11.5 Å². The van der Waals surface area contributed by atoms with E-state index in [0.717, 1.165) is 43.0 Å². The molecule has 0 spiro atoms. The molecule has 0 amide bonds. The van der Waals surface area contributed by atoms with Crippen molar-refractivity contribution < 1.29 is 9.47 Å². The molecule has 0 atom stereocenters. The van der Waals surface area contributed by atoms with Gasteiger partial charge in [-0.15, -0.1) is 0 Å². The number of aromatic nitrogens is 1. The first-order chi connectivity index (χ1) is 13.2. The zero-order chi connectivity index (χ0) is 19.1. The van der Waals surface area contributed by atoms with Crippen molar-refractivity contribution in [3.63, 3.8) is 0 Å². The highest BCUT2D eigenvalue weighted by Crippen LogP contribution is 2.38. The Kier molecular flexibility index (Phi) is 7.01. The third kappa shape index (κ3) is 5.65. The lowest BCUT2D eigenvalue weighted by Crippen LogP contribution is -2.39. The molecular formula is C19H22Cl2N4O2. The average molecular weight is 409 g/mol. The Morgan fingerprint density at radius 3 is 2.52 bits per heavy atom. The zero-order valence-corrected chi connectivity index (χ0v) is 16.6. The Morgan fingerprint density at radius 1 is 1.07 bits per heavy atom. The van der Waals surface area contributed by atoms with E-state index < -0.39 is 0 Å². The summed E-state index contributed by atoms with van der Waals surface area (Å²) in [5.41, 5.74) is 2.20. The molecule has 0 bridgehead atoms. The van der Waals surface area contributed by atoms with E-state index in [9.17, 15) is 0 Å². The van der Waals surface area contributed by atoms with E-state index in [1.165, 1.54) is 0 Å². The van der Waals surface area contributed by atoms with Crippen LogP contribution in [0.25, 0.3) is 0 Å². The van der Waals surface area contributed by atoms with Crippen molar-refractivity contribution in [1.82, 2.24) is 15.6 Å². The second kappa shape index (κ2) is 9.67. The number of pyridine rings is 1. The number of rotatable bonds is 6. The molecule has 0 aliphatic carbocycles. The van der Waals surface area contributed by atoms with Gasteiger partial charge >= 0.3 is 0 Å². The van der Waals surface area contributed by atoms with Crippen LogP contribution < -0.4 is 20.1 Å². The van der Waals surface area contributed by atoms with Gasteiger partial charge in [-0.05, 0) is 42.2 Å². The zero-order valence-electron chi connectivity index (χ0n) is 15.1. The predicted octanol–water partition coefficient (Wildman–Crippen LogP) is 3.11. The number of nitrogens with one attached hydrogen (secondary N) is 2. The van der Waals surface area contributed by atoms with Crippen LogP contribution in [-0.4, -0.2) is 44.3 Å². The standard InChI is InChI=1S/C19H22Cl2N4O2/c1-22-19(23-6-4-13-2-3-17(21)25-12-13)24-7-5-14-10-15(20)18-16(11-14)26-8-9-27-18/h2-3,10-12H,4-9H2,1H3,(H2,22,23,24). The number of halogens is 2. The lowest BCUT2D eigenvalue weighted by Gasteiger charge is -2.20. The minimum atomic E-state index is 0.503. The first-order valence-corrected chi connectivity index (χ1v) is 9.54. The molecule has 0 unspecified atom stereocenters. The van der Waals surface area contributed by atoms with Crippen LogP contribution in [0, 0.1) is 0 Å². The molecule has 0 radical (unpaired) electrons. The molecular weight excluding hydrogens is 387 g/mol. The van der Waals surface area contributed by atoms with Crippen LogP contribution in [0.15, 0.2) is 35.5 Å². The van der Waals surface area contributed by atoms with E-state index in [2.05, 4.69) is 20.6 Å². The maximum atomic E-state index is 6.28. The Balaban J connectivity index is 1.44. The summed E-state index contributed by atoms with van der Waals surface area (Å²) in [5.74, 6) is 2.09. The second-order valence-corrected chi connectivity index (χ2v) is 6.81. The smallest absolute Gasteiger partial charge is 0.190 e. The maximum Gasteiger partial charge on any atom is 0.190 e. The minimum absolute atomic E-state index is 0.503. The predicted molar refractivity (Wildman–Crippen MR) is 108 cm³/mol. The maximum absolute atomic E-state index is 6.28. The topological polar surface area (TPSA) is 67.8 Å². The highest BCUT2D eigenvalue weighted by atomic mass is 35.5. The molecule has 3 rings (SSSR count). The van der Waals surface area contributed by atoms with Crippen LogP contribution >= 0.6 is 23.2 Å². The van der Waals surface area contributed by atoms with Crippen LogP contribution in [0.2, 0.25) is 10.2 Å². The number of guanidine groups is 1. The summed E-state index contributed by atoms with van der Waals surface area (Å²) >= 11 is 12.1. The molecule has 2 N–H and O–H groups in total. The van der Waals surface area contributed by atoms with Gasteiger partial charge in [0.15, 0.2) is 17.5 Å². The van der Waals surface area contributed by atoms with Crippen molar-refractivity contribution in [2.75, 3.05) is 33.4 Å². The molecule has 0 fully saturated rings. The third-order valence-corrected chi connectivity index (χ3v) is 4.59. The van der Waals surface area contributed by atoms with E-state index in [4.69, 9.17) is 32.7 Å². The average Bonchev–Trinajstić information content (AvgIpc) is 2.68. The largest absolute Gasteiger partial charge is 0.486 e. The fraction of sp³-hybridized carbons (Fsp3) is 0.368. The van der Waals surface area contributed by atoms with Gasteiger partial charge in [-0.3, -0.25) is 4.99 Å². The van der Waals surface area contributed by atoms with E-state index in [1.807, 2.05) is 18.2 Å². The summed E-state index contributed by atoms with van der Waals surface area (Å²) in [7, 11) is 1.75. The van der Waals surface area contributed by atoms with E-state index in [0.29, 0.717) is 34.9 Å². The highest BCUT2D eigenvalue weighted by molar-refractivity contribution is 6.32. The van der Waals surface area contributed by atoms with Gasteiger partial charge < -0.3 is 20.1 Å². The molecule has 0 saturated carbocycles. The second-order valence-electron chi connectivity index (χ2n) is 6.02. The van der Waals surface area contributed by atoms with Crippen LogP contribution in [-0.2, 0) is 12.8 Å². The Morgan fingerprint density at radius 2 is 1.81 bits per heavy atom. The van der Waals surface area contributed by atoms with Crippen LogP contribution in [0.5, 0.6) is 11.5 Å². The molecule has 1 aromatic heterocycles. The molecule has 8 heteroatoms. The number of nitrogens with zero attached hydrogens (tertiary/aromatic N) is 2.